The summed E-state index contributed by atoms with van der Waals surface area (Å²) in [6.45, 7) is 3.38. The average molecular weight is 111 g/mol. The van der Waals surface area contributed by atoms with Crippen LogP contribution in [0.4, 0.5) is 0 Å². The van der Waals surface area contributed by atoms with Crippen LogP contribution in [-0.2, 0) is 0 Å². The first-order valence-corrected chi connectivity index (χ1v) is 2.08. The van der Waals surface area contributed by atoms with Crippen molar-refractivity contribution in [3.05, 3.63) is 17.2 Å². The van der Waals surface area contributed by atoms with Crippen LogP contribution in [0.25, 0.3) is 12.8 Å². The number of rotatable bonds is 0. The van der Waals surface area contributed by atoms with E-state index < -0.39 is 0 Å². The maximum Gasteiger partial charge on any atom is 0.212 e. The summed E-state index contributed by atoms with van der Waals surface area (Å²) in [5.74, 6) is 0. The Kier molecular flexibility index (Phi) is 1.04. The molecule has 1 heterocycles. The minimum atomic E-state index is 0.310. The standard InChI is InChI=1S/C5H5NO2/c1-4-6-2-5(3-7)8-4/h2-3,7H,1H2/b5-3+. The number of oxazole rings is 1. The third kappa shape index (κ3) is 0.703. The van der Waals surface area contributed by atoms with Gasteiger partial charge in [0, 0.05) is 0 Å². The Morgan fingerprint density at radius 1 is 1.88 bits per heavy atom. The Morgan fingerprint density at radius 3 is 2.88 bits per heavy atom. The van der Waals surface area contributed by atoms with Gasteiger partial charge in [-0.3, -0.25) is 0 Å². The van der Waals surface area contributed by atoms with Crippen LogP contribution in [0.1, 0.15) is 0 Å². The molecule has 0 radical (unpaired) electrons. The number of hydrogen-bond donors (Lipinski definition) is 1. The van der Waals surface area contributed by atoms with Crippen LogP contribution < -0.4 is 11.0 Å². The minimum absolute atomic E-state index is 0.310. The second kappa shape index (κ2) is 1.69. The van der Waals surface area contributed by atoms with E-state index >= 15 is 0 Å². The highest BCUT2D eigenvalue weighted by atomic mass is 16.3. The van der Waals surface area contributed by atoms with Gasteiger partial charge in [-0.05, 0) is 6.58 Å². The summed E-state index contributed by atoms with van der Waals surface area (Å²) in [5.41, 5.74) is 0.639. The van der Waals surface area contributed by atoms with Gasteiger partial charge in [-0.25, -0.2) is 4.98 Å². The minimum Gasteiger partial charge on any atom is -0.512 e. The molecule has 0 bridgehead atoms. The maximum absolute atomic E-state index is 8.26. The highest BCUT2D eigenvalue weighted by Gasteiger charge is 1.79. The normalized spacial score (nSPS) is 12.2. The first-order valence-electron chi connectivity index (χ1n) is 2.08. The quantitative estimate of drug-likeness (QED) is 0.485. The molecule has 0 atom stereocenters. The van der Waals surface area contributed by atoms with E-state index in [0.29, 0.717) is 11.0 Å². The molecular weight excluding hydrogens is 106 g/mol. The van der Waals surface area contributed by atoms with E-state index in [1.807, 2.05) is 0 Å². The lowest BCUT2D eigenvalue weighted by molar-refractivity contribution is 0.460. The molecule has 0 aliphatic carbocycles. The molecule has 8 heavy (non-hydrogen) atoms. The highest BCUT2D eigenvalue weighted by molar-refractivity contribution is 5.01. The molecule has 42 valence electrons. The lowest BCUT2D eigenvalue weighted by Crippen LogP contribution is -1.96. The predicted molar refractivity (Wildman–Crippen MR) is 28.4 cm³/mol. The first kappa shape index (κ1) is 4.90. The maximum atomic E-state index is 8.26. The third-order valence-electron chi connectivity index (χ3n) is 0.699. The lowest BCUT2D eigenvalue weighted by atomic mass is 10.8. The topological polar surface area (TPSA) is 46.3 Å². The van der Waals surface area contributed by atoms with Gasteiger partial charge in [0.2, 0.25) is 5.55 Å². The Balaban J connectivity index is 3.41. The molecule has 3 nitrogen and oxygen atoms in total. The zero-order valence-corrected chi connectivity index (χ0v) is 4.16. The van der Waals surface area contributed by atoms with Crippen molar-refractivity contribution in [2.45, 2.75) is 0 Å². The van der Waals surface area contributed by atoms with Crippen LogP contribution in [0.15, 0.2) is 10.6 Å². The molecule has 0 aliphatic heterocycles. The van der Waals surface area contributed by atoms with Gasteiger partial charge in [0.05, 0.1) is 6.20 Å². The van der Waals surface area contributed by atoms with Crippen molar-refractivity contribution in [3.8, 4) is 0 Å². The summed E-state index contributed by atoms with van der Waals surface area (Å²) >= 11 is 0. The smallest absolute Gasteiger partial charge is 0.212 e. The fourth-order valence-electron chi connectivity index (χ4n) is 0.384. The van der Waals surface area contributed by atoms with Crippen molar-refractivity contribution in [1.82, 2.24) is 4.98 Å². The monoisotopic (exact) mass is 111 g/mol. The van der Waals surface area contributed by atoms with Crippen LogP contribution in [0.3, 0.4) is 0 Å². The summed E-state index contributed by atoms with van der Waals surface area (Å²) in [5, 5.41) is 8.26. The van der Waals surface area contributed by atoms with Crippen LogP contribution in [0, 0.1) is 0 Å². The number of aliphatic hydroxyl groups is 1. The fourth-order valence-corrected chi connectivity index (χ4v) is 0.384. The van der Waals surface area contributed by atoms with Gasteiger partial charge in [-0.15, -0.1) is 0 Å². The van der Waals surface area contributed by atoms with Crippen molar-refractivity contribution in [1.29, 1.82) is 0 Å². The molecule has 1 aromatic heterocycles. The molecule has 1 rings (SSSR count). The van der Waals surface area contributed by atoms with Gasteiger partial charge in [0.25, 0.3) is 0 Å². The van der Waals surface area contributed by atoms with E-state index in [-0.39, 0.29) is 0 Å². The average Bonchev–Trinajstić information content (AvgIpc) is 2.14. The van der Waals surface area contributed by atoms with E-state index in [1.165, 1.54) is 6.20 Å². The van der Waals surface area contributed by atoms with Crippen LogP contribution in [0.5, 0.6) is 0 Å². The van der Waals surface area contributed by atoms with Gasteiger partial charge in [0.15, 0.2) is 5.42 Å². The molecule has 3 heteroatoms. The Morgan fingerprint density at radius 2 is 2.62 bits per heavy atom. The SMILES string of the molecule is C=c1nc/c(=C\O)o1. The summed E-state index contributed by atoms with van der Waals surface area (Å²) in [4.78, 5) is 3.62. The Hall–Kier alpha value is -1.25. The molecule has 0 fully saturated rings. The van der Waals surface area contributed by atoms with E-state index in [0.717, 1.165) is 6.26 Å². The largest absolute Gasteiger partial charge is 0.512 e. The van der Waals surface area contributed by atoms with E-state index in [1.54, 1.807) is 0 Å². The van der Waals surface area contributed by atoms with Crippen LogP contribution in [0.2, 0.25) is 0 Å². The molecule has 1 aromatic rings. The van der Waals surface area contributed by atoms with E-state index in [9.17, 15) is 0 Å². The summed E-state index contributed by atoms with van der Waals surface area (Å²) in [7, 11) is 0. The third-order valence-corrected chi connectivity index (χ3v) is 0.699. The molecule has 0 saturated carbocycles. The van der Waals surface area contributed by atoms with Crippen LogP contribution in [-0.4, -0.2) is 10.1 Å². The molecule has 0 saturated heterocycles. The second-order valence-corrected chi connectivity index (χ2v) is 1.29. The lowest BCUT2D eigenvalue weighted by Gasteiger charge is -1.64. The molecular formula is C5H5NO2. The van der Waals surface area contributed by atoms with E-state index in [2.05, 4.69) is 11.6 Å². The van der Waals surface area contributed by atoms with Gasteiger partial charge in [-0.1, -0.05) is 0 Å². The zero-order chi connectivity index (χ0) is 5.98. The molecule has 0 aliphatic rings. The Labute approximate surface area is 45.6 Å². The van der Waals surface area contributed by atoms with Crippen molar-refractivity contribution >= 4 is 12.8 Å². The Bertz CT molecular complexity index is 262. The number of nitrogens with zero attached hydrogens (tertiary/aromatic N) is 1. The summed E-state index contributed by atoms with van der Waals surface area (Å²) in [6, 6.07) is 0. The van der Waals surface area contributed by atoms with Crippen LogP contribution >= 0.6 is 0 Å². The summed E-state index contributed by atoms with van der Waals surface area (Å²) < 4.78 is 4.70. The van der Waals surface area contributed by atoms with Gasteiger partial charge in [-0.2, -0.15) is 0 Å². The molecule has 1 N–H and O–H groups in total. The van der Waals surface area contributed by atoms with E-state index in [4.69, 9.17) is 9.52 Å². The van der Waals surface area contributed by atoms with Gasteiger partial charge >= 0.3 is 0 Å². The highest BCUT2D eigenvalue weighted by Crippen LogP contribution is 1.55. The van der Waals surface area contributed by atoms with Crippen molar-refractivity contribution in [3.63, 3.8) is 0 Å². The first-order chi connectivity index (χ1) is 3.83. The van der Waals surface area contributed by atoms with Crippen molar-refractivity contribution in [2.75, 3.05) is 0 Å². The number of hydrogen-bond acceptors (Lipinski definition) is 3. The van der Waals surface area contributed by atoms with Crippen molar-refractivity contribution in [2.24, 2.45) is 0 Å². The zero-order valence-electron chi connectivity index (χ0n) is 4.16. The fraction of sp³-hybridized carbons (Fsp3) is 0. The second-order valence-electron chi connectivity index (χ2n) is 1.29. The molecule has 0 spiro atoms. The molecule has 0 unspecified atom stereocenters. The molecule has 0 amide bonds. The predicted octanol–water partition coefficient (Wildman–Crippen LogP) is -0.619. The van der Waals surface area contributed by atoms with Crippen molar-refractivity contribution < 1.29 is 9.52 Å². The van der Waals surface area contributed by atoms with Gasteiger partial charge in [0.1, 0.15) is 6.26 Å². The summed E-state index contributed by atoms with van der Waals surface area (Å²) in [6.07, 6.45) is 2.23. The number of aliphatic hydroxyl groups excluding tert-OH is 1. The molecule has 0 aromatic carbocycles. The van der Waals surface area contributed by atoms with Gasteiger partial charge < -0.3 is 9.52 Å². The number of aromatic nitrogens is 1.